The predicted molar refractivity (Wildman–Crippen MR) is 104 cm³/mol. The number of carbonyl (C=O) groups is 1. The summed E-state index contributed by atoms with van der Waals surface area (Å²) in [6, 6.07) is 5.89. The van der Waals surface area contributed by atoms with Gasteiger partial charge in [-0.15, -0.1) is 0 Å². The fourth-order valence-corrected chi connectivity index (χ4v) is 3.50. The number of aryl methyl sites for hydroxylation is 2. The Labute approximate surface area is 155 Å². The Hall–Kier alpha value is -2.30. The monoisotopic (exact) mass is 352 g/mol. The van der Waals surface area contributed by atoms with Crippen LogP contribution in [-0.2, 0) is 17.6 Å². The van der Waals surface area contributed by atoms with Crippen molar-refractivity contribution in [3.63, 3.8) is 0 Å². The van der Waals surface area contributed by atoms with Gasteiger partial charge < -0.3 is 4.90 Å². The van der Waals surface area contributed by atoms with Crippen molar-refractivity contribution in [3.8, 4) is 11.5 Å². The summed E-state index contributed by atoms with van der Waals surface area (Å²) < 4.78 is 0. The largest absolute Gasteiger partial charge is 0.352 e. The number of ketones is 1. The Bertz CT molecular complexity index is 823. The molecular formula is C21H28N4O. The molecule has 2 heterocycles. The van der Waals surface area contributed by atoms with Crippen molar-refractivity contribution >= 4 is 11.6 Å². The minimum absolute atomic E-state index is 0.00217. The first-order chi connectivity index (χ1) is 12.2. The molecule has 0 radical (unpaired) electrons. The van der Waals surface area contributed by atoms with Crippen LogP contribution in [-0.4, -0.2) is 34.3 Å². The normalized spacial score (nSPS) is 13.6. The molecule has 0 N–H and O–H groups in total. The van der Waals surface area contributed by atoms with Crippen LogP contribution in [0.3, 0.4) is 0 Å². The summed E-state index contributed by atoms with van der Waals surface area (Å²) in [7, 11) is 1.95. The van der Waals surface area contributed by atoms with Crippen LogP contribution in [0.25, 0.3) is 11.5 Å². The van der Waals surface area contributed by atoms with Crippen LogP contribution in [0.1, 0.15) is 50.6 Å². The van der Waals surface area contributed by atoms with Crippen LogP contribution in [0.4, 0.5) is 5.82 Å². The standard InChI is InChI=1S/C21H28N4O/c1-14-8-6-11-18(22-14)19-23-17-10-7-9-16(17)20(24-19)25(5)13-15(26)12-21(2,3)4/h6,8,11H,7,9-10,12-13H2,1-5H3. The molecule has 3 rings (SSSR count). The highest BCUT2D eigenvalue weighted by Gasteiger charge is 2.24. The maximum absolute atomic E-state index is 12.4. The number of pyridine rings is 1. The lowest BCUT2D eigenvalue weighted by Gasteiger charge is -2.23. The summed E-state index contributed by atoms with van der Waals surface area (Å²) in [5.41, 5.74) is 4.02. The van der Waals surface area contributed by atoms with Gasteiger partial charge in [-0.25, -0.2) is 15.0 Å². The number of likely N-dealkylation sites (N-methyl/N-ethyl adjacent to an activating group) is 1. The fraction of sp³-hybridized carbons (Fsp3) is 0.524. The van der Waals surface area contributed by atoms with Crippen LogP contribution in [0.15, 0.2) is 18.2 Å². The molecular weight excluding hydrogens is 324 g/mol. The van der Waals surface area contributed by atoms with Gasteiger partial charge in [0.1, 0.15) is 11.5 Å². The summed E-state index contributed by atoms with van der Waals surface area (Å²) in [6.45, 7) is 8.62. The van der Waals surface area contributed by atoms with Crippen LogP contribution < -0.4 is 4.90 Å². The Balaban J connectivity index is 1.92. The first-order valence-corrected chi connectivity index (χ1v) is 9.29. The Morgan fingerprint density at radius 3 is 2.62 bits per heavy atom. The first-order valence-electron chi connectivity index (χ1n) is 9.29. The lowest BCUT2D eigenvalue weighted by atomic mass is 9.90. The second kappa shape index (κ2) is 7.14. The molecule has 26 heavy (non-hydrogen) atoms. The minimum Gasteiger partial charge on any atom is -0.352 e. The SMILES string of the molecule is Cc1cccc(-c2nc3c(c(N(C)CC(=O)CC(C)(C)C)n2)CCC3)n1. The van der Waals surface area contributed by atoms with E-state index in [0.29, 0.717) is 18.8 Å². The van der Waals surface area contributed by atoms with Gasteiger partial charge in [-0.2, -0.15) is 0 Å². The van der Waals surface area contributed by atoms with Crippen molar-refractivity contribution in [3.05, 3.63) is 35.2 Å². The zero-order valence-electron chi connectivity index (χ0n) is 16.5. The number of carbonyl (C=O) groups excluding carboxylic acids is 1. The number of fused-ring (bicyclic) bond motifs is 1. The summed E-state index contributed by atoms with van der Waals surface area (Å²) in [4.78, 5) is 28.6. The lowest BCUT2D eigenvalue weighted by Crippen LogP contribution is -2.30. The molecule has 5 heteroatoms. The van der Waals surface area contributed by atoms with Gasteiger partial charge in [-0.3, -0.25) is 4.79 Å². The molecule has 1 aliphatic rings. The van der Waals surface area contributed by atoms with Crippen molar-refractivity contribution in [1.29, 1.82) is 0 Å². The van der Waals surface area contributed by atoms with E-state index in [0.717, 1.165) is 42.2 Å². The van der Waals surface area contributed by atoms with Gasteiger partial charge in [0.2, 0.25) is 0 Å². The van der Waals surface area contributed by atoms with E-state index in [2.05, 4.69) is 25.8 Å². The molecule has 0 spiro atoms. The van der Waals surface area contributed by atoms with E-state index in [1.54, 1.807) is 0 Å². The molecule has 0 aliphatic heterocycles. The summed E-state index contributed by atoms with van der Waals surface area (Å²) in [6.07, 6.45) is 3.60. The number of hydrogen-bond donors (Lipinski definition) is 0. The molecule has 0 aromatic carbocycles. The molecule has 0 saturated carbocycles. The number of hydrogen-bond acceptors (Lipinski definition) is 5. The third-order valence-electron chi connectivity index (χ3n) is 4.53. The average molecular weight is 352 g/mol. The maximum atomic E-state index is 12.4. The highest BCUT2D eigenvalue weighted by molar-refractivity contribution is 5.84. The highest BCUT2D eigenvalue weighted by atomic mass is 16.1. The first kappa shape index (κ1) is 18.5. The Kier molecular flexibility index (Phi) is 5.08. The van der Waals surface area contributed by atoms with Gasteiger partial charge >= 0.3 is 0 Å². The number of aromatic nitrogens is 3. The number of nitrogens with zero attached hydrogens (tertiary/aromatic N) is 4. The van der Waals surface area contributed by atoms with Gasteiger partial charge in [0.25, 0.3) is 0 Å². The molecule has 0 saturated heterocycles. The maximum Gasteiger partial charge on any atom is 0.180 e. The van der Waals surface area contributed by atoms with Crippen LogP contribution in [0.2, 0.25) is 0 Å². The highest BCUT2D eigenvalue weighted by Crippen LogP contribution is 2.31. The summed E-state index contributed by atoms with van der Waals surface area (Å²) in [5, 5.41) is 0. The number of rotatable bonds is 5. The van der Waals surface area contributed by atoms with E-state index in [1.165, 1.54) is 5.56 Å². The van der Waals surface area contributed by atoms with Crippen LogP contribution in [0, 0.1) is 12.3 Å². The molecule has 138 valence electrons. The molecule has 1 aliphatic carbocycles. The Morgan fingerprint density at radius 1 is 1.15 bits per heavy atom. The smallest absolute Gasteiger partial charge is 0.180 e. The van der Waals surface area contributed by atoms with E-state index in [1.807, 2.05) is 37.1 Å². The molecule has 0 fully saturated rings. The van der Waals surface area contributed by atoms with Gasteiger partial charge in [-0.05, 0) is 43.7 Å². The molecule has 2 aromatic rings. The quantitative estimate of drug-likeness (QED) is 0.820. The summed E-state index contributed by atoms with van der Waals surface area (Å²) in [5.74, 6) is 1.77. The van der Waals surface area contributed by atoms with E-state index < -0.39 is 0 Å². The van der Waals surface area contributed by atoms with E-state index in [9.17, 15) is 4.79 Å². The van der Waals surface area contributed by atoms with Gasteiger partial charge in [0, 0.05) is 30.4 Å². The van der Waals surface area contributed by atoms with Gasteiger partial charge in [-0.1, -0.05) is 26.8 Å². The second-order valence-corrected chi connectivity index (χ2v) is 8.45. The van der Waals surface area contributed by atoms with Crippen molar-refractivity contribution in [2.75, 3.05) is 18.5 Å². The molecule has 0 amide bonds. The third-order valence-corrected chi connectivity index (χ3v) is 4.53. The molecule has 5 nitrogen and oxygen atoms in total. The van der Waals surface area contributed by atoms with E-state index >= 15 is 0 Å². The topological polar surface area (TPSA) is 59.0 Å². The third kappa shape index (κ3) is 4.26. The van der Waals surface area contributed by atoms with Crippen molar-refractivity contribution < 1.29 is 4.79 Å². The van der Waals surface area contributed by atoms with Crippen molar-refractivity contribution in [1.82, 2.24) is 15.0 Å². The zero-order chi connectivity index (χ0) is 18.9. The lowest BCUT2D eigenvalue weighted by molar-refractivity contribution is -0.119. The number of anilines is 1. The molecule has 0 atom stereocenters. The molecule has 0 bridgehead atoms. The van der Waals surface area contributed by atoms with E-state index in [4.69, 9.17) is 9.97 Å². The van der Waals surface area contributed by atoms with Crippen molar-refractivity contribution in [2.24, 2.45) is 5.41 Å². The zero-order valence-corrected chi connectivity index (χ0v) is 16.5. The van der Waals surface area contributed by atoms with Gasteiger partial charge in [0.15, 0.2) is 11.6 Å². The predicted octanol–water partition coefficient (Wildman–Crippen LogP) is 3.78. The van der Waals surface area contributed by atoms with E-state index in [-0.39, 0.29) is 11.2 Å². The van der Waals surface area contributed by atoms with Crippen molar-refractivity contribution in [2.45, 2.75) is 53.4 Å². The Morgan fingerprint density at radius 2 is 1.92 bits per heavy atom. The summed E-state index contributed by atoms with van der Waals surface area (Å²) >= 11 is 0. The molecule has 0 unspecified atom stereocenters. The second-order valence-electron chi connectivity index (χ2n) is 8.45. The minimum atomic E-state index is 0.00217. The van der Waals surface area contributed by atoms with Gasteiger partial charge in [0.05, 0.1) is 6.54 Å². The molecule has 2 aromatic heterocycles. The van der Waals surface area contributed by atoms with Crippen LogP contribution >= 0.6 is 0 Å². The number of Topliss-reactive ketones (excluding diaryl/α,β-unsaturated/α-hetero) is 1. The van der Waals surface area contributed by atoms with Crippen LogP contribution in [0.5, 0.6) is 0 Å². The fourth-order valence-electron chi connectivity index (χ4n) is 3.50. The average Bonchev–Trinajstić information content (AvgIpc) is 3.00.